The van der Waals surface area contributed by atoms with Gasteiger partial charge in [0, 0.05) is 13.1 Å². The molecule has 8 heteroatoms. The van der Waals surface area contributed by atoms with Gasteiger partial charge in [0.2, 0.25) is 5.91 Å². The lowest BCUT2D eigenvalue weighted by Crippen LogP contribution is -2.47. The van der Waals surface area contributed by atoms with Gasteiger partial charge in [-0.05, 0) is 39.2 Å². The average Bonchev–Trinajstić information content (AvgIpc) is 2.92. The van der Waals surface area contributed by atoms with Crippen LogP contribution < -0.4 is 5.32 Å². The molecule has 0 spiro atoms. The number of hydrogen-bond donors (Lipinski definition) is 1. The maximum Gasteiger partial charge on any atom is 0.325 e. The molecule has 0 saturated carbocycles. The number of piperidine rings is 1. The van der Waals surface area contributed by atoms with E-state index in [1.165, 1.54) is 0 Å². The number of urea groups is 1. The molecule has 1 N–H and O–H groups in total. The van der Waals surface area contributed by atoms with Crippen LogP contribution in [0.2, 0.25) is 0 Å². The molecule has 1 aromatic carbocycles. The molecule has 0 radical (unpaired) electrons. The molecule has 0 aliphatic carbocycles. The van der Waals surface area contributed by atoms with Crippen LogP contribution in [0.3, 0.4) is 0 Å². The molecule has 1 atom stereocenters. The third-order valence-corrected chi connectivity index (χ3v) is 5.66. The fraction of sp³-hybridized carbons (Fsp3) is 0.524. The number of amides is 4. The smallest absolute Gasteiger partial charge is 0.325 e. The molecule has 156 valence electrons. The molecule has 2 aliphatic rings. The number of ether oxygens (including phenoxy) is 1. The molecular formula is C21H27N3O5. The lowest BCUT2D eigenvalue weighted by Gasteiger charge is -2.31. The average molecular weight is 401 g/mol. The number of hydrogen-bond acceptors (Lipinski definition) is 5. The fourth-order valence-corrected chi connectivity index (χ4v) is 3.78. The van der Waals surface area contributed by atoms with Crippen molar-refractivity contribution in [2.24, 2.45) is 5.92 Å². The van der Waals surface area contributed by atoms with Gasteiger partial charge in [-0.3, -0.25) is 19.3 Å². The third-order valence-electron chi connectivity index (χ3n) is 5.66. The molecule has 3 rings (SSSR count). The van der Waals surface area contributed by atoms with Gasteiger partial charge in [-0.1, -0.05) is 29.8 Å². The summed E-state index contributed by atoms with van der Waals surface area (Å²) in [6.07, 6.45) is 1.04. The highest BCUT2D eigenvalue weighted by Gasteiger charge is 2.49. The van der Waals surface area contributed by atoms with E-state index in [0.29, 0.717) is 38.1 Å². The monoisotopic (exact) mass is 401 g/mol. The minimum atomic E-state index is -1.19. The summed E-state index contributed by atoms with van der Waals surface area (Å²) in [4.78, 5) is 52.5. The van der Waals surface area contributed by atoms with Gasteiger partial charge in [-0.2, -0.15) is 0 Å². The Labute approximate surface area is 170 Å². The standard InChI is InChI=1S/C21H27N3O5/c1-4-29-18(26)15-9-11-23(12-10-15)17(25)13-24-19(27)21(3,22-20(24)28)16-7-5-14(2)6-8-16/h5-8,15H,4,9-13H2,1-3H3,(H,22,28)/t21-/m1/s1. The van der Waals surface area contributed by atoms with E-state index in [-0.39, 0.29) is 24.3 Å². The summed E-state index contributed by atoms with van der Waals surface area (Å²) in [6, 6.07) is 6.79. The van der Waals surface area contributed by atoms with Crippen molar-refractivity contribution in [3.05, 3.63) is 35.4 Å². The second kappa shape index (κ2) is 8.23. The second-order valence-electron chi connectivity index (χ2n) is 7.72. The zero-order valence-corrected chi connectivity index (χ0v) is 17.1. The van der Waals surface area contributed by atoms with Gasteiger partial charge in [-0.15, -0.1) is 0 Å². The molecule has 2 aliphatic heterocycles. The molecule has 0 bridgehead atoms. The predicted molar refractivity (Wildman–Crippen MR) is 105 cm³/mol. The SMILES string of the molecule is CCOC(=O)C1CCN(C(=O)CN2C(=O)N[C@](C)(c3ccc(C)cc3)C2=O)CC1. The van der Waals surface area contributed by atoms with E-state index in [1.807, 2.05) is 19.1 Å². The first kappa shape index (κ1) is 20.8. The number of rotatable bonds is 5. The maximum absolute atomic E-state index is 13.0. The summed E-state index contributed by atoms with van der Waals surface area (Å²) in [6.45, 7) is 6.19. The van der Waals surface area contributed by atoms with Gasteiger partial charge >= 0.3 is 12.0 Å². The highest BCUT2D eigenvalue weighted by Crippen LogP contribution is 2.29. The van der Waals surface area contributed by atoms with Crippen molar-refractivity contribution in [1.29, 1.82) is 0 Å². The van der Waals surface area contributed by atoms with E-state index in [2.05, 4.69) is 5.32 Å². The first-order valence-electron chi connectivity index (χ1n) is 9.92. The van der Waals surface area contributed by atoms with E-state index in [1.54, 1.807) is 30.9 Å². The van der Waals surface area contributed by atoms with Gasteiger partial charge in [0.05, 0.1) is 12.5 Å². The van der Waals surface area contributed by atoms with Crippen molar-refractivity contribution in [1.82, 2.24) is 15.1 Å². The Bertz CT molecular complexity index is 814. The number of esters is 1. The lowest BCUT2D eigenvalue weighted by molar-refractivity contribution is -0.151. The van der Waals surface area contributed by atoms with Crippen molar-refractivity contribution in [2.75, 3.05) is 26.2 Å². The molecule has 8 nitrogen and oxygen atoms in total. The summed E-state index contributed by atoms with van der Waals surface area (Å²) < 4.78 is 5.04. The Morgan fingerprint density at radius 3 is 2.38 bits per heavy atom. The van der Waals surface area contributed by atoms with Crippen molar-refractivity contribution in [3.63, 3.8) is 0 Å². The predicted octanol–water partition coefficient (Wildman–Crippen LogP) is 1.56. The van der Waals surface area contributed by atoms with Crippen LogP contribution in [0.15, 0.2) is 24.3 Å². The van der Waals surface area contributed by atoms with Crippen LogP contribution in [0.4, 0.5) is 4.79 Å². The molecule has 4 amide bonds. The third kappa shape index (κ3) is 4.11. The van der Waals surface area contributed by atoms with E-state index in [0.717, 1.165) is 10.5 Å². The Morgan fingerprint density at radius 1 is 1.17 bits per heavy atom. The minimum absolute atomic E-state index is 0.208. The van der Waals surface area contributed by atoms with Crippen LogP contribution in [0, 0.1) is 12.8 Å². The number of carbonyl (C=O) groups excluding carboxylic acids is 4. The van der Waals surface area contributed by atoms with E-state index in [4.69, 9.17) is 4.74 Å². The Hall–Kier alpha value is -2.90. The van der Waals surface area contributed by atoms with Gasteiger partial charge in [0.15, 0.2) is 0 Å². The highest BCUT2D eigenvalue weighted by atomic mass is 16.5. The molecule has 2 fully saturated rings. The highest BCUT2D eigenvalue weighted by molar-refractivity contribution is 6.09. The van der Waals surface area contributed by atoms with Crippen LogP contribution in [-0.2, 0) is 24.7 Å². The zero-order chi connectivity index (χ0) is 21.2. The van der Waals surface area contributed by atoms with Crippen LogP contribution in [0.5, 0.6) is 0 Å². The summed E-state index contributed by atoms with van der Waals surface area (Å²) >= 11 is 0. The maximum atomic E-state index is 13.0. The van der Waals surface area contributed by atoms with Crippen LogP contribution in [0.25, 0.3) is 0 Å². The number of nitrogens with one attached hydrogen (secondary N) is 1. The molecule has 29 heavy (non-hydrogen) atoms. The van der Waals surface area contributed by atoms with Gasteiger partial charge in [0.1, 0.15) is 12.1 Å². The van der Waals surface area contributed by atoms with E-state index >= 15 is 0 Å². The molecule has 2 saturated heterocycles. The normalized spacial score (nSPS) is 22.6. The minimum Gasteiger partial charge on any atom is -0.466 e. The van der Waals surface area contributed by atoms with Crippen molar-refractivity contribution >= 4 is 23.8 Å². The topological polar surface area (TPSA) is 96.0 Å². The number of imide groups is 1. The van der Waals surface area contributed by atoms with E-state index in [9.17, 15) is 19.2 Å². The van der Waals surface area contributed by atoms with Crippen molar-refractivity contribution < 1.29 is 23.9 Å². The first-order valence-corrected chi connectivity index (χ1v) is 9.92. The Morgan fingerprint density at radius 2 is 1.79 bits per heavy atom. The molecule has 1 aromatic rings. The van der Waals surface area contributed by atoms with Gasteiger partial charge in [0.25, 0.3) is 5.91 Å². The van der Waals surface area contributed by atoms with Gasteiger partial charge in [-0.25, -0.2) is 4.79 Å². The number of aryl methyl sites for hydroxylation is 1. The Balaban J connectivity index is 1.62. The molecule has 0 aromatic heterocycles. The van der Waals surface area contributed by atoms with Crippen molar-refractivity contribution in [2.45, 2.75) is 39.2 Å². The molecule has 0 unspecified atom stereocenters. The summed E-state index contributed by atoms with van der Waals surface area (Å²) in [5, 5.41) is 2.72. The van der Waals surface area contributed by atoms with Crippen LogP contribution >= 0.6 is 0 Å². The van der Waals surface area contributed by atoms with E-state index < -0.39 is 17.5 Å². The summed E-state index contributed by atoms with van der Waals surface area (Å²) in [5.41, 5.74) is 0.529. The van der Waals surface area contributed by atoms with Gasteiger partial charge < -0.3 is 15.0 Å². The lowest BCUT2D eigenvalue weighted by atomic mass is 9.91. The number of carbonyl (C=O) groups is 4. The van der Waals surface area contributed by atoms with Crippen molar-refractivity contribution in [3.8, 4) is 0 Å². The van der Waals surface area contributed by atoms with Crippen LogP contribution in [-0.4, -0.2) is 59.9 Å². The fourth-order valence-electron chi connectivity index (χ4n) is 3.78. The van der Waals surface area contributed by atoms with Crippen LogP contribution in [0.1, 0.15) is 37.8 Å². The number of benzene rings is 1. The second-order valence-corrected chi connectivity index (χ2v) is 7.72. The first-order chi connectivity index (χ1) is 13.8. The Kier molecular flexibility index (Phi) is 5.91. The molecule has 2 heterocycles. The molecular weight excluding hydrogens is 374 g/mol. The number of likely N-dealkylation sites (tertiary alicyclic amines) is 1. The number of nitrogens with zero attached hydrogens (tertiary/aromatic N) is 2. The zero-order valence-electron chi connectivity index (χ0n) is 17.1. The summed E-state index contributed by atoms with van der Waals surface area (Å²) in [7, 11) is 0. The largest absolute Gasteiger partial charge is 0.466 e. The quantitative estimate of drug-likeness (QED) is 0.597. The summed E-state index contributed by atoms with van der Waals surface area (Å²) in [5.74, 6) is -1.19.